The maximum Gasteiger partial charge on any atom is 0.256 e. The minimum atomic E-state index is -3.70. The fraction of sp³-hybridized carbons (Fsp3) is 0.208. The second-order valence-electron chi connectivity index (χ2n) is 8.03. The summed E-state index contributed by atoms with van der Waals surface area (Å²) in [7, 11) is -1.83. The van der Waals surface area contributed by atoms with Gasteiger partial charge in [-0.05, 0) is 41.3 Å². The lowest BCUT2D eigenvalue weighted by Gasteiger charge is -2.26. The molecule has 1 fully saturated rings. The van der Waals surface area contributed by atoms with Crippen molar-refractivity contribution < 1.29 is 17.9 Å². The van der Waals surface area contributed by atoms with Crippen LogP contribution in [0, 0.1) is 0 Å². The number of sulfonamides is 1. The van der Waals surface area contributed by atoms with E-state index in [0.717, 1.165) is 21.9 Å². The Balaban J connectivity index is 1.38. The third-order valence-electron chi connectivity index (χ3n) is 5.71. The average molecular weight is 478 g/mol. The maximum atomic E-state index is 12.9. The molecule has 3 heterocycles. The first-order valence-electron chi connectivity index (χ1n) is 10.8. The molecular formula is C24H23N5O4S. The van der Waals surface area contributed by atoms with Gasteiger partial charge in [-0.1, -0.05) is 18.2 Å². The summed E-state index contributed by atoms with van der Waals surface area (Å²) in [5.74, 6) is -0.0587. The number of aryl methyl sites for hydroxylation is 1. The number of nitrogens with one attached hydrogen (secondary N) is 1. The summed E-state index contributed by atoms with van der Waals surface area (Å²) in [6.45, 7) is 1.30. The van der Waals surface area contributed by atoms with Gasteiger partial charge in [-0.2, -0.15) is 9.40 Å². The van der Waals surface area contributed by atoms with Crippen LogP contribution >= 0.6 is 0 Å². The third-order valence-corrected chi connectivity index (χ3v) is 7.60. The van der Waals surface area contributed by atoms with Crippen molar-refractivity contribution in [3.05, 3.63) is 72.7 Å². The number of hydrogen-bond donors (Lipinski definition) is 1. The zero-order valence-electron chi connectivity index (χ0n) is 18.5. The van der Waals surface area contributed by atoms with E-state index in [4.69, 9.17) is 4.74 Å². The van der Waals surface area contributed by atoms with Gasteiger partial charge in [0, 0.05) is 49.0 Å². The highest BCUT2D eigenvalue weighted by atomic mass is 32.2. The largest absolute Gasteiger partial charge is 0.379 e. The Kier molecular flexibility index (Phi) is 5.86. The average Bonchev–Trinajstić information content (AvgIpc) is 3.30. The van der Waals surface area contributed by atoms with Crippen LogP contribution in [0.2, 0.25) is 0 Å². The number of carbonyl (C=O) groups excluding carboxylic acids is 1. The molecule has 5 rings (SSSR count). The molecule has 1 amide bonds. The molecule has 0 atom stereocenters. The van der Waals surface area contributed by atoms with Gasteiger partial charge < -0.3 is 10.1 Å². The van der Waals surface area contributed by atoms with E-state index >= 15 is 0 Å². The van der Waals surface area contributed by atoms with Gasteiger partial charge in [-0.25, -0.2) is 13.4 Å². The predicted octanol–water partition coefficient (Wildman–Crippen LogP) is 2.91. The minimum absolute atomic E-state index is 0.0784. The van der Waals surface area contributed by atoms with E-state index in [0.29, 0.717) is 32.1 Å². The Morgan fingerprint density at radius 1 is 1.00 bits per heavy atom. The standard InChI is InChI=1S/C24H23N5O4S/c1-28-16-21(15-26-28)17-5-6-19-14-25-23(13-20(19)11-17)27-24(30)18-3-2-4-22(12-18)34(31,32)29-7-9-33-10-8-29/h2-6,11-16H,7-10H2,1H3,(H,25,27,30). The van der Waals surface area contributed by atoms with Gasteiger partial charge in [0.05, 0.1) is 24.3 Å². The fourth-order valence-electron chi connectivity index (χ4n) is 3.88. The summed E-state index contributed by atoms with van der Waals surface area (Å²) in [4.78, 5) is 17.3. The number of aromatic nitrogens is 3. The topological polar surface area (TPSA) is 106 Å². The number of benzene rings is 2. The second-order valence-corrected chi connectivity index (χ2v) is 9.97. The maximum absolute atomic E-state index is 12.9. The number of ether oxygens (including phenoxy) is 1. The molecule has 0 saturated carbocycles. The van der Waals surface area contributed by atoms with Crippen LogP contribution in [0.15, 0.2) is 72.0 Å². The number of carbonyl (C=O) groups is 1. The van der Waals surface area contributed by atoms with Crippen LogP contribution in [0.4, 0.5) is 5.82 Å². The van der Waals surface area contributed by atoms with Crippen molar-refractivity contribution in [2.45, 2.75) is 4.90 Å². The number of nitrogens with zero attached hydrogens (tertiary/aromatic N) is 4. The Bertz CT molecular complexity index is 1480. The zero-order valence-corrected chi connectivity index (χ0v) is 19.3. The van der Waals surface area contributed by atoms with Gasteiger partial charge >= 0.3 is 0 Å². The summed E-state index contributed by atoms with van der Waals surface area (Å²) in [6, 6.07) is 13.8. The molecule has 174 valence electrons. The van der Waals surface area contributed by atoms with Crippen molar-refractivity contribution in [2.75, 3.05) is 31.6 Å². The summed E-state index contributed by atoms with van der Waals surface area (Å²) < 4.78 is 34.2. The Hall–Kier alpha value is -3.60. The SMILES string of the molecule is Cn1cc(-c2ccc3cnc(NC(=O)c4cccc(S(=O)(=O)N5CCOCC5)c4)cc3c2)cn1. The Morgan fingerprint density at radius 2 is 1.82 bits per heavy atom. The predicted molar refractivity (Wildman–Crippen MR) is 128 cm³/mol. The molecule has 2 aromatic carbocycles. The van der Waals surface area contributed by atoms with Crippen LogP contribution in [-0.4, -0.2) is 59.7 Å². The highest BCUT2D eigenvalue weighted by Gasteiger charge is 2.27. The smallest absolute Gasteiger partial charge is 0.256 e. The van der Waals surface area contributed by atoms with Crippen molar-refractivity contribution >= 4 is 32.5 Å². The second kappa shape index (κ2) is 8.98. The first kappa shape index (κ1) is 22.2. The molecule has 2 aromatic heterocycles. The highest BCUT2D eigenvalue weighted by molar-refractivity contribution is 7.89. The molecule has 9 nitrogen and oxygen atoms in total. The lowest BCUT2D eigenvalue weighted by atomic mass is 10.1. The molecule has 1 N–H and O–H groups in total. The lowest BCUT2D eigenvalue weighted by molar-refractivity contribution is 0.0730. The van der Waals surface area contributed by atoms with E-state index in [-0.39, 0.29) is 10.5 Å². The van der Waals surface area contributed by atoms with Crippen molar-refractivity contribution in [1.29, 1.82) is 0 Å². The fourth-order valence-corrected chi connectivity index (χ4v) is 5.34. The summed E-state index contributed by atoms with van der Waals surface area (Å²) in [6.07, 6.45) is 5.42. The Labute approximate surface area is 197 Å². The summed E-state index contributed by atoms with van der Waals surface area (Å²) in [5, 5.41) is 8.84. The monoisotopic (exact) mass is 477 g/mol. The minimum Gasteiger partial charge on any atom is -0.379 e. The molecule has 34 heavy (non-hydrogen) atoms. The van der Waals surface area contributed by atoms with E-state index in [1.54, 1.807) is 35.3 Å². The molecule has 1 aliphatic rings. The normalized spacial score (nSPS) is 14.9. The van der Waals surface area contributed by atoms with Crippen LogP contribution in [-0.2, 0) is 21.8 Å². The molecule has 1 saturated heterocycles. The van der Waals surface area contributed by atoms with E-state index in [2.05, 4.69) is 15.4 Å². The number of hydrogen-bond acceptors (Lipinski definition) is 6. The van der Waals surface area contributed by atoms with Crippen LogP contribution in [0.3, 0.4) is 0 Å². The van der Waals surface area contributed by atoms with Gasteiger partial charge in [0.25, 0.3) is 5.91 Å². The highest BCUT2D eigenvalue weighted by Crippen LogP contribution is 2.25. The molecule has 0 radical (unpaired) electrons. The van der Waals surface area contributed by atoms with Crippen LogP contribution in [0.5, 0.6) is 0 Å². The van der Waals surface area contributed by atoms with Crippen molar-refractivity contribution in [3.8, 4) is 11.1 Å². The van der Waals surface area contributed by atoms with Gasteiger partial charge in [-0.3, -0.25) is 9.48 Å². The van der Waals surface area contributed by atoms with E-state index < -0.39 is 15.9 Å². The quantitative estimate of drug-likeness (QED) is 0.474. The summed E-state index contributed by atoms with van der Waals surface area (Å²) >= 11 is 0. The van der Waals surface area contributed by atoms with E-state index in [1.165, 1.54) is 16.4 Å². The molecule has 1 aliphatic heterocycles. The van der Waals surface area contributed by atoms with Gasteiger partial charge in [-0.15, -0.1) is 0 Å². The zero-order chi connectivity index (χ0) is 23.7. The van der Waals surface area contributed by atoms with E-state index in [9.17, 15) is 13.2 Å². The molecule has 0 spiro atoms. The summed E-state index contributed by atoms with van der Waals surface area (Å²) in [5.41, 5.74) is 2.23. The van der Waals surface area contributed by atoms with Crippen molar-refractivity contribution in [2.24, 2.45) is 7.05 Å². The Morgan fingerprint density at radius 3 is 2.59 bits per heavy atom. The van der Waals surface area contributed by atoms with Gasteiger partial charge in [0.15, 0.2) is 0 Å². The van der Waals surface area contributed by atoms with Crippen LogP contribution < -0.4 is 5.32 Å². The first-order valence-corrected chi connectivity index (χ1v) is 12.2. The molecule has 10 heteroatoms. The van der Waals surface area contributed by atoms with Crippen LogP contribution in [0.25, 0.3) is 21.9 Å². The lowest BCUT2D eigenvalue weighted by Crippen LogP contribution is -2.40. The first-order chi connectivity index (χ1) is 16.4. The number of morpholine rings is 1. The molecule has 0 unspecified atom stereocenters. The molecule has 0 aliphatic carbocycles. The molecular weight excluding hydrogens is 454 g/mol. The van der Waals surface area contributed by atoms with Crippen molar-refractivity contribution in [3.63, 3.8) is 0 Å². The van der Waals surface area contributed by atoms with E-state index in [1.807, 2.05) is 31.4 Å². The number of rotatable bonds is 5. The van der Waals surface area contributed by atoms with Gasteiger partial charge in [0.1, 0.15) is 5.82 Å². The van der Waals surface area contributed by atoms with Gasteiger partial charge in [0.2, 0.25) is 10.0 Å². The number of amides is 1. The third kappa shape index (κ3) is 4.43. The van der Waals surface area contributed by atoms with Crippen molar-refractivity contribution in [1.82, 2.24) is 19.1 Å². The number of fused-ring (bicyclic) bond motifs is 1. The molecule has 4 aromatic rings. The number of anilines is 1. The molecule has 0 bridgehead atoms. The number of pyridine rings is 1. The van der Waals surface area contributed by atoms with Crippen LogP contribution in [0.1, 0.15) is 10.4 Å².